The van der Waals surface area contributed by atoms with E-state index >= 15 is 0 Å². The van der Waals surface area contributed by atoms with Crippen molar-refractivity contribution in [1.82, 2.24) is 4.90 Å². The lowest BCUT2D eigenvalue weighted by atomic mass is 9.99. The first-order valence-corrected chi connectivity index (χ1v) is 11.4. The van der Waals surface area contributed by atoms with E-state index in [9.17, 15) is 9.90 Å². The highest BCUT2D eigenvalue weighted by Gasteiger charge is 2.32. The van der Waals surface area contributed by atoms with Crippen LogP contribution < -0.4 is 9.64 Å². The smallest absolute Gasteiger partial charge is 0.231 e. The zero-order valence-electron chi connectivity index (χ0n) is 18.7. The van der Waals surface area contributed by atoms with Crippen LogP contribution in [0.25, 0.3) is 6.08 Å². The molecule has 0 bridgehead atoms. The Labute approximate surface area is 184 Å². The minimum atomic E-state index is -0.129. The highest BCUT2D eigenvalue weighted by Crippen LogP contribution is 2.40. The van der Waals surface area contributed by atoms with Crippen LogP contribution in [0, 0.1) is 5.92 Å². The Morgan fingerprint density at radius 3 is 2.58 bits per heavy atom. The first-order chi connectivity index (χ1) is 15.0. The van der Waals surface area contributed by atoms with Gasteiger partial charge >= 0.3 is 0 Å². The summed E-state index contributed by atoms with van der Waals surface area (Å²) in [5, 5.41) is 10.5. The molecule has 2 aliphatic rings. The average Bonchev–Trinajstić information content (AvgIpc) is 3.08. The molecule has 1 saturated heterocycles. The number of rotatable bonds is 6. The fourth-order valence-corrected chi connectivity index (χ4v) is 4.63. The van der Waals surface area contributed by atoms with Gasteiger partial charge in [-0.3, -0.25) is 9.69 Å². The fourth-order valence-electron chi connectivity index (χ4n) is 4.63. The number of anilines is 1. The van der Waals surface area contributed by atoms with Crippen molar-refractivity contribution in [3.05, 3.63) is 58.8 Å². The van der Waals surface area contributed by atoms with Gasteiger partial charge in [0.05, 0.1) is 11.1 Å². The summed E-state index contributed by atoms with van der Waals surface area (Å²) in [6.07, 6.45) is 4.19. The van der Waals surface area contributed by atoms with Crippen LogP contribution in [0.1, 0.15) is 55.1 Å². The van der Waals surface area contributed by atoms with E-state index in [2.05, 4.69) is 42.7 Å². The number of likely N-dealkylation sites (tertiary alicyclic amines) is 1. The molecule has 31 heavy (non-hydrogen) atoms. The van der Waals surface area contributed by atoms with E-state index in [1.807, 2.05) is 12.1 Å². The second-order valence-electron chi connectivity index (χ2n) is 8.63. The van der Waals surface area contributed by atoms with Gasteiger partial charge in [-0.2, -0.15) is 0 Å². The van der Waals surface area contributed by atoms with E-state index in [1.54, 1.807) is 18.2 Å². The van der Waals surface area contributed by atoms with Crippen LogP contribution in [0.5, 0.6) is 11.5 Å². The molecule has 2 aromatic carbocycles. The Bertz CT molecular complexity index is 977. The van der Waals surface area contributed by atoms with E-state index in [0.717, 1.165) is 43.9 Å². The molecule has 2 aliphatic heterocycles. The molecule has 0 amide bonds. The predicted octanol–water partition coefficient (Wildman–Crippen LogP) is 5.09. The summed E-state index contributed by atoms with van der Waals surface area (Å²) < 4.78 is 6.04. The number of carbonyl (C=O) groups is 1. The van der Waals surface area contributed by atoms with Crippen molar-refractivity contribution in [3.63, 3.8) is 0 Å². The summed E-state index contributed by atoms with van der Waals surface area (Å²) in [4.78, 5) is 17.6. The average molecular weight is 421 g/mol. The number of hydrogen-bond acceptors (Lipinski definition) is 5. The van der Waals surface area contributed by atoms with E-state index < -0.39 is 0 Å². The lowest BCUT2D eigenvalue weighted by Gasteiger charge is -2.31. The molecule has 1 fully saturated rings. The van der Waals surface area contributed by atoms with Gasteiger partial charge in [0.2, 0.25) is 5.78 Å². The van der Waals surface area contributed by atoms with Crippen molar-refractivity contribution in [2.24, 2.45) is 5.92 Å². The van der Waals surface area contributed by atoms with Gasteiger partial charge in [0.25, 0.3) is 0 Å². The third-order valence-corrected chi connectivity index (χ3v) is 6.36. The normalized spacial score (nSPS) is 20.0. The monoisotopic (exact) mass is 420 g/mol. The van der Waals surface area contributed by atoms with Gasteiger partial charge in [-0.15, -0.1) is 0 Å². The Morgan fingerprint density at radius 1 is 1.16 bits per heavy atom. The molecule has 0 radical (unpaired) electrons. The number of nitrogens with zero attached hydrogens (tertiary/aromatic N) is 2. The molecule has 0 saturated carbocycles. The zero-order valence-corrected chi connectivity index (χ0v) is 18.7. The predicted molar refractivity (Wildman–Crippen MR) is 125 cm³/mol. The number of allylic oxidation sites excluding steroid dienone is 1. The molecular weight excluding hydrogens is 388 g/mol. The number of aromatic hydroxyl groups is 1. The number of hydrogen-bond donors (Lipinski definition) is 1. The van der Waals surface area contributed by atoms with Crippen molar-refractivity contribution in [3.8, 4) is 11.5 Å². The number of ketones is 1. The van der Waals surface area contributed by atoms with Crippen molar-refractivity contribution in [2.45, 2.75) is 40.2 Å². The molecule has 1 unspecified atom stereocenters. The minimum Gasteiger partial charge on any atom is -0.507 e. The molecule has 2 aromatic rings. The van der Waals surface area contributed by atoms with E-state index in [4.69, 9.17) is 4.74 Å². The van der Waals surface area contributed by atoms with Gasteiger partial charge in [-0.05, 0) is 75.1 Å². The largest absolute Gasteiger partial charge is 0.507 e. The number of ether oxygens (including phenoxy) is 1. The molecule has 0 aromatic heterocycles. The second kappa shape index (κ2) is 9.15. The molecular formula is C26H32N2O3. The fraction of sp³-hybridized carbons (Fsp3) is 0.423. The molecule has 164 valence electrons. The molecule has 1 N–H and O–H groups in total. The third-order valence-electron chi connectivity index (χ3n) is 6.36. The van der Waals surface area contributed by atoms with Crippen molar-refractivity contribution < 1.29 is 14.6 Å². The number of phenols is 1. The lowest BCUT2D eigenvalue weighted by Crippen LogP contribution is -2.33. The number of Topliss-reactive ketones (excluding diaryl/α,β-unsaturated/α-hetero) is 1. The van der Waals surface area contributed by atoms with Crippen LogP contribution >= 0.6 is 0 Å². The van der Waals surface area contributed by atoms with Gasteiger partial charge < -0.3 is 14.7 Å². The maximum atomic E-state index is 13.0. The van der Waals surface area contributed by atoms with E-state index in [-0.39, 0.29) is 11.5 Å². The summed E-state index contributed by atoms with van der Waals surface area (Å²) in [5.41, 5.74) is 3.32. The standard InChI is InChI=1S/C26H32N2O3/c1-4-28(5-2)20-10-8-19(9-11-20)15-24-25(30)21-12-13-23(29)22(26(21)31-24)17-27-14-6-7-18(3)16-27/h8-13,15,18,29H,4-7,14,16-17H2,1-3H3/b24-15+. The molecule has 0 aliphatic carbocycles. The Morgan fingerprint density at radius 2 is 1.90 bits per heavy atom. The van der Waals surface area contributed by atoms with Crippen LogP contribution in [0.3, 0.4) is 0 Å². The Hall–Kier alpha value is -2.79. The quantitative estimate of drug-likeness (QED) is 0.660. The lowest BCUT2D eigenvalue weighted by molar-refractivity contribution is 0.101. The van der Waals surface area contributed by atoms with Crippen LogP contribution in [0.4, 0.5) is 5.69 Å². The van der Waals surface area contributed by atoms with Crippen molar-refractivity contribution >= 4 is 17.5 Å². The topological polar surface area (TPSA) is 53.0 Å². The SMILES string of the molecule is CCN(CC)c1ccc(/C=C2/Oc3c(ccc(O)c3CN3CCCC(C)C3)C2=O)cc1. The minimum absolute atomic E-state index is 0.129. The van der Waals surface area contributed by atoms with E-state index in [0.29, 0.717) is 35.1 Å². The number of piperidine rings is 1. The molecule has 0 spiro atoms. The molecule has 4 rings (SSSR count). The van der Waals surface area contributed by atoms with Crippen LogP contribution in [-0.2, 0) is 6.54 Å². The van der Waals surface area contributed by atoms with Gasteiger partial charge in [0.1, 0.15) is 11.5 Å². The number of phenolic OH excluding ortho intramolecular Hbond substituents is 1. The van der Waals surface area contributed by atoms with Gasteiger partial charge in [-0.1, -0.05) is 19.1 Å². The first kappa shape index (κ1) is 21.4. The third kappa shape index (κ3) is 4.47. The Balaban J connectivity index is 1.57. The summed E-state index contributed by atoms with van der Waals surface area (Å²) in [6.45, 7) is 11.0. The highest BCUT2D eigenvalue weighted by atomic mass is 16.5. The highest BCUT2D eigenvalue weighted by molar-refractivity contribution is 6.15. The molecule has 5 nitrogen and oxygen atoms in total. The molecule has 2 heterocycles. The summed E-state index contributed by atoms with van der Waals surface area (Å²) in [6, 6.07) is 11.4. The van der Waals surface area contributed by atoms with Crippen molar-refractivity contribution in [1.29, 1.82) is 0 Å². The summed E-state index contributed by atoms with van der Waals surface area (Å²) >= 11 is 0. The van der Waals surface area contributed by atoms with Crippen LogP contribution in [0.2, 0.25) is 0 Å². The number of carbonyl (C=O) groups excluding carboxylic acids is 1. The molecule has 5 heteroatoms. The Kier molecular flexibility index (Phi) is 6.33. The zero-order chi connectivity index (χ0) is 22.0. The van der Waals surface area contributed by atoms with Gasteiger partial charge in [0, 0.05) is 31.9 Å². The van der Waals surface area contributed by atoms with Crippen LogP contribution in [0.15, 0.2) is 42.2 Å². The van der Waals surface area contributed by atoms with Crippen LogP contribution in [-0.4, -0.2) is 42.0 Å². The second-order valence-corrected chi connectivity index (χ2v) is 8.63. The summed E-state index contributed by atoms with van der Waals surface area (Å²) in [7, 11) is 0. The number of benzene rings is 2. The molecule has 1 atom stereocenters. The van der Waals surface area contributed by atoms with Gasteiger partial charge in [0.15, 0.2) is 5.76 Å². The summed E-state index contributed by atoms with van der Waals surface area (Å²) in [5.74, 6) is 1.52. The first-order valence-electron chi connectivity index (χ1n) is 11.4. The maximum absolute atomic E-state index is 13.0. The van der Waals surface area contributed by atoms with E-state index in [1.165, 1.54) is 6.42 Å². The van der Waals surface area contributed by atoms with Gasteiger partial charge in [-0.25, -0.2) is 0 Å². The number of fused-ring (bicyclic) bond motifs is 1. The maximum Gasteiger partial charge on any atom is 0.231 e. The van der Waals surface area contributed by atoms with Crippen molar-refractivity contribution in [2.75, 3.05) is 31.1 Å².